The highest BCUT2D eigenvalue weighted by molar-refractivity contribution is 7.89. The average Bonchev–Trinajstić information content (AvgIpc) is 2.49. The number of aromatic nitrogens is 2. The Morgan fingerprint density at radius 1 is 1.38 bits per heavy atom. The minimum atomic E-state index is -3.69. The second-order valence-electron chi connectivity index (χ2n) is 4.71. The molecule has 110 valence electrons. The van der Waals surface area contributed by atoms with Crippen molar-refractivity contribution in [2.24, 2.45) is 0 Å². The Kier molecular flexibility index (Phi) is 3.56. The normalized spacial score (nSPS) is 15.7. The molecule has 1 aliphatic heterocycles. The van der Waals surface area contributed by atoms with Gasteiger partial charge >= 0.3 is 0 Å². The summed E-state index contributed by atoms with van der Waals surface area (Å²) in [6, 6.07) is 4.82. The molecule has 1 aliphatic rings. The Morgan fingerprint density at radius 2 is 2.19 bits per heavy atom. The van der Waals surface area contributed by atoms with Gasteiger partial charge in [0, 0.05) is 37.6 Å². The SMILES string of the molecule is O=c1[nH]cc(S(=O)(=O)N2CCc3ncccc3C2)cc1Cl. The lowest BCUT2D eigenvalue weighted by Gasteiger charge is -2.27. The van der Waals surface area contributed by atoms with E-state index in [0.717, 1.165) is 11.3 Å². The summed E-state index contributed by atoms with van der Waals surface area (Å²) < 4.78 is 26.5. The minimum absolute atomic E-state index is 0.0144. The van der Waals surface area contributed by atoms with Crippen LogP contribution in [0.2, 0.25) is 5.02 Å². The predicted molar refractivity (Wildman–Crippen MR) is 77.6 cm³/mol. The number of H-pyrrole nitrogens is 1. The van der Waals surface area contributed by atoms with Crippen molar-refractivity contribution in [2.75, 3.05) is 6.54 Å². The van der Waals surface area contributed by atoms with E-state index in [9.17, 15) is 13.2 Å². The molecular weight excluding hydrogens is 314 g/mol. The Labute approximate surface area is 126 Å². The van der Waals surface area contributed by atoms with Gasteiger partial charge in [0.25, 0.3) is 5.56 Å². The van der Waals surface area contributed by atoms with Crippen LogP contribution in [-0.2, 0) is 23.0 Å². The number of sulfonamides is 1. The van der Waals surface area contributed by atoms with E-state index in [4.69, 9.17) is 11.6 Å². The van der Waals surface area contributed by atoms with Crippen LogP contribution in [0.3, 0.4) is 0 Å². The molecule has 0 aromatic carbocycles. The van der Waals surface area contributed by atoms with Gasteiger partial charge in [-0.05, 0) is 17.7 Å². The highest BCUT2D eigenvalue weighted by Gasteiger charge is 2.29. The van der Waals surface area contributed by atoms with Gasteiger partial charge < -0.3 is 4.98 Å². The largest absolute Gasteiger partial charge is 0.326 e. The molecule has 0 saturated carbocycles. The molecule has 2 aromatic rings. The third kappa shape index (κ3) is 2.59. The first-order valence-electron chi connectivity index (χ1n) is 6.29. The molecular formula is C13H12ClN3O3S. The van der Waals surface area contributed by atoms with Crippen molar-refractivity contribution in [1.29, 1.82) is 0 Å². The molecule has 0 bridgehead atoms. The summed E-state index contributed by atoms with van der Waals surface area (Å²) in [5.41, 5.74) is 1.30. The molecule has 0 aliphatic carbocycles. The summed E-state index contributed by atoms with van der Waals surface area (Å²) in [6.45, 7) is 0.616. The van der Waals surface area contributed by atoms with Crippen LogP contribution >= 0.6 is 11.6 Å². The number of hydrogen-bond donors (Lipinski definition) is 1. The Balaban J connectivity index is 1.96. The lowest BCUT2D eigenvalue weighted by Crippen LogP contribution is -2.36. The summed E-state index contributed by atoms with van der Waals surface area (Å²) in [7, 11) is -3.69. The number of fused-ring (bicyclic) bond motifs is 1. The molecule has 0 saturated heterocycles. The molecule has 0 amide bonds. The molecule has 6 nitrogen and oxygen atoms in total. The molecule has 1 N–H and O–H groups in total. The van der Waals surface area contributed by atoms with Crippen molar-refractivity contribution >= 4 is 21.6 Å². The van der Waals surface area contributed by atoms with E-state index in [0.29, 0.717) is 13.0 Å². The number of nitrogens with one attached hydrogen (secondary N) is 1. The lowest BCUT2D eigenvalue weighted by molar-refractivity contribution is 0.387. The predicted octanol–water partition coefficient (Wildman–Crippen LogP) is 1.17. The zero-order valence-corrected chi connectivity index (χ0v) is 12.5. The molecule has 0 fully saturated rings. The van der Waals surface area contributed by atoms with Crippen molar-refractivity contribution in [1.82, 2.24) is 14.3 Å². The molecule has 0 spiro atoms. The van der Waals surface area contributed by atoms with Crippen LogP contribution in [0.1, 0.15) is 11.3 Å². The van der Waals surface area contributed by atoms with Crippen molar-refractivity contribution < 1.29 is 8.42 Å². The molecule has 21 heavy (non-hydrogen) atoms. The van der Waals surface area contributed by atoms with E-state index in [1.54, 1.807) is 12.3 Å². The fraction of sp³-hybridized carbons (Fsp3) is 0.231. The van der Waals surface area contributed by atoms with E-state index in [-0.39, 0.29) is 16.5 Å². The van der Waals surface area contributed by atoms with Gasteiger partial charge in [0.1, 0.15) is 5.02 Å². The van der Waals surface area contributed by atoms with Gasteiger partial charge in [-0.1, -0.05) is 17.7 Å². The number of halogens is 1. The zero-order chi connectivity index (χ0) is 15.0. The van der Waals surface area contributed by atoms with E-state index >= 15 is 0 Å². The van der Waals surface area contributed by atoms with Gasteiger partial charge in [0.2, 0.25) is 10.0 Å². The number of pyridine rings is 2. The monoisotopic (exact) mass is 325 g/mol. The van der Waals surface area contributed by atoms with E-state index in [1.807, 2.05) is 6.07 Å². The highest BCUT2D eigenvalue weighted by atomic mass is 35.5. The lowest BCUT2D eigenvalue weighted by atomic mass is 10.1. The molecule has 0 radical (unpaired) electrons. The fourth-order valence-corrected chi connectivity index (χ4v) is 3.93. The maximum atomic E-state index is 12.6. The van der Waals surface area contributed by atoms with Gasteiger partial charge in [-0.15, -0.1) is 0 Å². The minimum Gasteiger partial charge on any atom is -0.326 e. The van der Waals surface area contributed by atoms with Gasteiger partial charge in [-0.25, -0.2) is 8.42 Å². The van der Waals surface area contributed by atoms with Gasteiger partial charge in [0.05, 0.1) is 4.90 Å². The van der Waals surface area contributed by atoms with E-state index in [1.165, 1.54) is 16.6 Å². The van der Waals surface area contributed by atoms with Crippen LogP contribution in [0.15, 0.2) is 40.3 Å². The van der Waals surface area contributed by atoms with Crippen LogP contribution in [-0.4, -0.2) is 29.2 Å². The van der Waals surface area contributed by atoms with Crippen LogP contribution < -0.4 is 5.56 Å². The van der Waals surface area contributed by atoms with E-state index < -0.39 is 15.6 Å². The summed E-state index contributed by atoms with van der Waals surface area (Å²) >= 11 is 5.70. The Hall–Kier alpha value is -1.70. The first kappa shape index (κ1) is 14.2. The number of nitrogens with zero attached hydrogens (tertiary/aromatic N) is 2. The second kappa shape index (κ2) is 5.25. The van der Waals surface area contributed by atoms with Crippen LogP contribution in [0, 0.1) is 0 Å². The van der Waals surface area contributed by atoms with Crippen LogP contribution in [0.5, 0.6) is 0 Å². The van der Waals surface area contributed by atoms with Crippen molar-refractivity contribution in [3.05, 3.63) is 57.2 Å². The maximum Gasteiger partial charge on any atom is 0.266 e. The summed E-state index contributed by atoms with van der Waals surface area (Å²) in [4.78, 5) is 17.8. The molecule has 0 unspecified atom stereocenters. The topological polar surface area (TPSA) is 83.1 Å². The summed E-state index contributed by atoms with van der Waals surface area (Å²) in [6.07, 6.45) is 3.43. The molecule has 8 heteroatoms. The smallest absolute Gasteiger partial charge is 0.266 e. The third-order valence-electron chi connectivity index (χ3n) is 3.40. The summed E-state index contributed by atoms with van der Waals surface area (Å²) in [5.74, 6) is 0. The van der Waals surface area contributed by atoms with Crippen molar-refractivity contribution in [2.45, 2.75) is 17.9 Å². The molecule has 3 heterocycles. The average molecular weight is 326 g/mol. The highest BCUT2D eigenvalue weighted by Crippen LogP contribution is 2.23. The second-order valence-corrected chi connectivity index (χ2v) is 7.06. The number of aromatic amines is 1. The standard InChI is InChI=1S/C13H12ClN3O3S/c14-11-6-10(7-16-13(11)18)21(19,20)17-5-3-12-9(8-17)2-1-4-15-12/h1-2,4,6-7H,3,5,8H2,(H,16,18). The maximum absolute atomic E-state index is 12.6. The molecule has 0 atom stereocenters. The van der Waals surface area contributed by atoms with Gasteiger partial charge in [-0.3, -0.25) is 9.78 Å². The molecule has 2 aromatic heterocycles. The van der Waals surface area contributed by atoms with Crippen LogP contribution in [0.4, 0.5) is 0 Å². The number of hydrogen-bond acceptors (Lipinski definition) is 4. The molecule has 3 rings (SSSR count). The Bertz CT molecular complexity index is 848. The van der Waals surface area contributed by atoms with Crippen molar-refractivity contribution in [3.63, 3.8) is 0 Å². The number of rotatable bonds is 2. The van der Waals surface area contributed by atoms with Crippen molar-refractivity contribution in [3.8, 4) is 0 Å². The Morgan fingerprint density at radius 3 is 2.95 bits per heavy atom. The quantitative estimate of drug-likeness (QED) is 0.898. The zero-order valence-electron chi connectivity index (χ0n) is 10.9. The van der Waals surface area contributed by atoms with E-state index in [2.05, 4.69) is 9.97 Å². The van der Waals surface area contributed by atoms with Crippen LogP contribution in [0.25, 0.3) is 0 Å². The first-order valence-corrected chi connectivity index (χ1v) is 8.11. The third-order valence-corrected chi connectivity index (χ3v) is 5.50. The fourth-order valence-electron chi connectivity index (χ4n) is 2.28. The van der Waals surface area contributed by atoms with Gasteiger partial charge in [0.15, 0.2) is 0 Å². The van der Waals surface area contributed by atoms with Gasteiger partial charge in [-0.2, -0.15) is 4.31 Å². The first-order chi connectivity index (χ1) is 9.98. The summed E-state index contributed by atoms with van der Waals surface area (Å²) in [5, 5.41) is -0.143.